The maximum atomic E-state index is 12.9. The van der Waals surface area contributed by atoms with Crippen LogP contribution >= 0.6 is 11.8 Å². The fraction of sp³-hybridized carbons (Fsp3) is 0.133. The first-order valence-corrected chi connectivity index (χ1v) is 12.8. The van der Waals surface area contributed by atoms with Crippen LogP contribution in [0.15, 0.2) is 102 Å². The predicted molar refractivity (Wildman–Crippen MR) is 146 cm³/mol. The van der Waals surface area contributed by atoms with Gasteiger partial charge in [0, 0.05) is 5.39 Å². The molecule has 5 rings (SSSR count). The molecule has 0 aromatic heterocycles. The SMILES string of the molecule is O=C1S/C(=C\c2ccc(OCCOc3ccccc3)cc2)C(=O)N1CCOc1cccc2ccccc12. The van der Waals surface area contributed by atoms with Gasteiger partial charge in [-0.2, -0.15) is 0 Å². The van der Waals surface area contributed by atoms with E-state index in [9.17, 15) is 9.59 Å². The summed E-state index contributed by atoms with van der Waals surface area (Å²) in [6.07, 6.45) is 1.72. The minimum absolute atomic E-state index is 0.184. The Morgan fingerprint density at radius 2 is 1.35 bits per heavy atom. The molecule has 37 heavy (non-hydrogen) atoms. The number of ether oxygens (including phenoxy) is 3. The van der Waals surface area contributed by atoms with Crippen LogP contribution in [-0.4, -0.2) is 42.4 Å². The number of imide groups is 1. The van der Waals surface area contributed by atoms with Gasteiger partial charge in [0.1, 0.15) is 37.1 Å². The summed E-state index contributed by atoms with van der Waals surface area (Å²) in [5.41, 5.74) is 0.811. The number of para-hydroxylation sites is 1. The lowest BCUT2D eigenvalue weighted by atomic mass is 10.1. The van der Waals surface area contributed by atoms with Crippen LogP contribution in [0, 0.1) is 0 Å². The topological polar surface area (TPSA) is 65.1 Å². The van der Waals surface area contributed by atoms with Crippen molar-refractivity contribution in [3.05, 3.63) is 108 Å². The Hall–Kier alpha value is -4.23. The fourth-order valence-electron chi connectivity index (χ4n) is 3.91. The first-order valence-electron chi connectivity index (χ1n) is 11.9. The lowest BCUT2D eigenvalue weighted by Gasteiger charge is -2.14. The van der Waals surface area contributed by atoms with Gasteiger partial charge in [0.05, 0.1) is 11.4 Å². The molecule has 0 aliphatic carbocycles. The van der Waals surface area contributed by atoms with Crippen molar-refractivity contribution in [2.24, 2.45) is 0 Å². The molecule has 0 saturated carbocycles. The van der Waals surface area contributed by atoms with Gasteiger partial charge in [0.2, 0.25) is 0 Å². The lowest BCUT2D eigenvalue weighted by Crippen LogP contribution is -2.32. The van der Waals surface area contributed by atoms with E-state index in [2.05, 4.69) is 0 Å². The average molecular weight is 512 g/mol. The van der Waals surface area contributed by atoms with E-state index in [1.807, 2.05) is 97.1 Å². The van der Waals surface area contributed by atoms with Gasteiger partial charge in [-0.1, -0.05) is 66.7 Å². The Labute approximate surface area is 219 Å². The number of fused-ring (bicyclic) bond motifs is 1. The number of nitrogens with zero attached hydrogens (tertiary/aromatic N) is 1. The van der Waals surface area contributed by atoms with Crippen LogP contribution in [0.1, 0.15) is 5.56 Å². The van der Waals surface area contributed by atoms with Crippen molar-refractivity contribution in [3.8, 4) is 17.2 Å². The predicted octanol–water partition coefficient (Wildman–Crippen LogP) is 6.41. The molecule has 0 unspecified atom stereocenters. The molecular weight excluding hydrogens is 486 g/mol. The molecule has 2 amide bonds. The second kappa shape index (κ2) is 11.7. The first kappa shape index (κ1) is 24.5. The van der Waals surface area contributed by atoms with Crippen molar-refractivity contribution in [1.82, 2.24) is 4.90 Å². The molecule has 4 aromatic rings. The van der Waals surface area contributed by atoms with E-state index in [1.165, 1.54) is 4.90 Å². The normalized spacial score (nSPS) is 14.4. The van der Waals surface area contributed by atoms with Gasteiger partial charge in [-0.3, -0.25) is 14.5 Å². The van der Waals surface area contributed by atoms with Crippen molar-refractivity contribution in [2.45, 2.75) is 0 Å². The molecule has 1 fully saturated rings. The summed E-state index contributed by atoms with van der Waals surface area (Å²) < 4.78 is 17.3. The van der Waals surface area contributed by atoms with Gasteiger partial charge < -0.3 is 14.2 Å². The fourth-order valence-corrected chi connectivity index (χ4v) is 4.77. The van der Waals surface area contributed by atoms with Crippen LogP contribution in [0.5, 0.6) is 17.2 Å². The molecule has 6 nitrogen and oxygen atoms in total. The van der Waals surface area contributed by atoms with Gasteiger partial charge in [0.25, 0.3) is 11.1 Å². The minimum Gasteiger partial charge on any atom is -0.491 e. The van der Waals surface area contributed by atoms with Crippen molar-refractivity contribution in [3.63, 3.8) is 0 Å². The number of carbonyl (C=O) groups excluding carboxylic acids is 2. The molecule has 186 valence electrons. The highest BCUT2D eigenvalue weighted by Crippen LogP contribution is 2.32. The van der Waals surface area contributed by atoms with Crippen LogP contribution in [0.25, 0.3) is 16.8 Å². The van der Waals surface area contributed by atoms with Crippen molar-refractivity contribution >= 4 is 39.8 Å². The Morgan fingerprint density at radius 1 is 0.676 bits per heavy atom. The molecular formula is C30H25NO5S. The van der Waals surface area contributed by atoms with E-state index in [4.69, 9.17) is 14.2 Å². The van der Waals surface area contributed by atoms with E-state index in [1.54, 1.807) is 6.08 Å². The zero-order valence-electron chi connectivity index (χ0n) is 20.0. The monoisotopic (exact) mass is 511 g/mol. The summed E-state index contributed by atoms with van der Waals surface area (Å²) in [5, 5.41) is 1.78. The van der Waals surface area contributed by atoms with Gasteiger partial charge in [0.15, 0.2) is 0 Å². The van der Waals surface area contributed by atoms with Gasteiger partial charge in [-0.25, -0.2) is 0 Å². The van der Waals surface area contributed by atoms with Crippen molar-refractivity contribution in [2.75, 3.05) is 26.4 Å². The first-order chi connectivity index (χ1) is 18.2. The molecule has 0 N–H and O–H groups in total. The molecule has 1 aliphatic heterocycles. The molecule has 0 bridgehead atoms. The van der Waals surface area contributed by atoms with E-state index in [-0.39, 0.29) is 24.3 Å². The number of amides is 2. The Kier molecular flexibility index (Phi) is 7.72. The molecule has 0 spiro atoms. The summed E-state index contributed by atoms with van der Waals surface area (Å²) in [6.45, 7) is 1.25. The quantitative estimate of drug-likeness (QED) is 0.181. The van der Waals surface area contributed by atoms with Crippen molar-refractivity contribution < 1.29 is 23.8 Å². The number of hydrogen-bond donors (Lipinski definition) is 0. The van der Waals surface area contributed by atoms with Crippen LogP contribution in [0.3, 0.4) is 0 Å². The summed E-state index contributed by atoms with van der Waals surface area (Å²) in [5.74, 6) is 1.92. The summed E-state index contributed by atoms with van der Waals surface area (Å²) in [6, 6.07) is 30.7. The highest BCUT2D eigenvalue weighted by atomic mass is 32.2. The molecule has 7 heteroatoms. The number of benzene rings is 4. The Morgan fingerprint density at radius 3 is 2.14 bits per heavy atom. The zero-order valence-corrected chi connectivity index (χ0v) is 20.9. The maximum absolute atomic E-state index is 12.9. The molecule has 1 saturated heterocycles. The van der Waals surface area contributed by atoms with Crippen LogP contribution in [-0.2, 0) is 4.79 Å². The Bertz CT molecular complexity index is 1410. The third kappa shape index (κ3) is 6.13. The number of rotatable bonds is 10. The second-order valence-corrected chi connectivity index (χ2v) is 9.23. The van der Waals surface area contributed by atoms with Crippen molar-refractivity contribution in [1.29, 1.82) is 0 Å². The Balaban J connectivity index is 1.12. The molecule has 4 aromatic carbocycles. The van der Waals surface area contributed by atoms with Crippen LogP contribution in [0.2, 0.25) is 0 Å². The molecule has 0 atom stereocenters. The maximum Gasteiger partial charge on any atom is 0.293 e. The second-order valence-electron chi connectivity index (χ2n) is 8.24. The molecule has 0 radical (unpaired) electrons. The number of thioether (sulfide) groups is 1. The number of hydrogen-bond acceptors (Lipinski definition) is 6. The van der Waals surface area contributed by atoms with E-state index in [0.717, 1.165) is 39.6 Å². The third-order valence-corrected chi connectivity index (χ3v) is 6.64. The highest BCUT2D eigenvalue weighted by molar-refractivity contribution is 8.18. The smallest absolute Gasteiger partial charge is 0.293 e. The third-order valence-electron chi connectivity index (χ3n) is 5.74. The van der Waals surface area contributed by atoms with Crippen LogP contribution < -0.4 is 14.2 Å². The summed E-state index contributed by atoms with van der Waals surface area (Å²) in [4.78, 5) is 27.0. The van der Waals surface area contributed by atoms with Gasteiger partial charge in [-0.05, 0) is 59.1 Å². The minimum atomic E-state index is -0.310. The van der Waals surface area contributed by atoms with Gasteiger partial charge in [-0.15, -0.1) is 0 Å². The highest BCUT2D eigenvalue weighted by Gasteiger charge is 2.34. The van der Waals surface area contributed by atoms with E-state index < -0.39 is 0 Å². The van der Waals surface area contributed by atoms with E-state index >= 15 is 0 Å². The molecule has 1 aliphatic rings. The van der Waals surface area contributed by atoms with E-state index in [0.29, 0.717) is 23.9 Å². The molecule has 1 heterocycles. The zero-order chi connectivity index (χ0) is 25.5. The summed E-state index contributed by atoms with van der Waals surface area (Å²) in [7, 11) is 0. The summed E-state index contributed by atoms with van der Waals surface area (Å²) >= 11 is 0.940. The largest absolute Gasteiger partial charge is 0.491 e. The van der Waals surface area contributed by atoms with Crippen LogP contribution in [0.4, 0.5) is 4.79 Å². The average Bonchev–Trinajstić information content (AvgIpc) is 3.20. The standard InChI is InChI=1S/C30H25NO5S/c32-29-28(21-22-13-15-25(16-14-22)35-20-19-34-24-9-2-1-3-10-24)37-30(33)31(29)17-18-36-27-12-6-8-23-7-4-5-11-26(23)27/h1-16,21H,17-20H2/b28-21-. The van der Waals surface area contributed by atoms with Gasteiger partial charge >= 0.3 is 0 Å². The number of carbonyl (C=O) groups is 2. The lowest BCUT2D eigenvalue weighted by molar-refractivity contribution is -0.123.